The number of ether oxygens (including phenoxy) is 4. The second-order valence-corrected chi connectivity index (χ2v) is 14.6. The first-order chi connectivity index (χ1) is 28.2. The molecule has 296 valence electrons. The fourth-order valence-corrected chi connectivity index (χ4v) is 8.14. The molecule has 4 aromatic carbocycles. The summed E-state index contributed by atoms with van der Waals surface area (Å²) in [4.78, 5) is 49.7. The van der Waals surface area contributed by atoms with Crippen LogP contribution in [-0.2, 0) is 9.59 Å². The van der Waals surface area contributed by atoms with Gasteiger partial charge in [0.05, 0.1) is 68.0 Å². The van der Waals surface area contributed by atoms with Crippen LogP contribution < -0.4 is 34.1 Å². The van der Waals surface area contributed by atoms with Crippen molar-refractivity contribution in [1.29, 1.82) is 10.8 Å². The van der Waals surface area contributed by atoms with Gasteiger partial charge in [0.2, 0.25) is 0 Å². The van der Waals surface area contributed by atoms with Gasteiger partial charge in [-0.25, -0.2) is 9.97 Å². The quantitative estimate of drug-likeness (QED) is 0.124. The summed E-state index contributed by atoms with van der Waals surface area (Å²) >= 11 is 0. The molecule has 2 aromatic heterocycles. The fourth-order valence-electron chi connectivity index (χ4n) is 8.14. The van der Waals surface area contributed by atoms with Crippen LogP contribution in [-0.4, -0.2) is 114 Å². The number of rotatable bonds is 11. The molecule has 16 heteroatoms. The third-order valence-corrected chi connectivity index (χ3v) is 11.2. The lowest BCUT2D eigenvalue weighted by Crippen LogP contribution is -2.70. The molecule has 0 amide bonds. The van der Waals surface area contributed by atoms with Crippen LogP contribution in [0.2, 0.25) is 0 Å². The van der Waals surface area contributed by atoms with Crippen molar-refractivity contribution in [3.63, 3.8) is 0 Å². The number of aromatic nitrogens is 4. The van der Waals surface area contributed by atoms with E-state index in [1.54, 1.807) is 67.5 Å². The monoisotopic (exact) mass is 782 g/mol. The second-order valence-electron chi connectivity index (χ2n) is 14.6. The number of imidazole rings is 2. The van der Waals surface area contributed by atoms with Crippen molar-refractivity contribution in [2.24, 2.45) is 0 Å². The standard InChI is InChI=1S/C42H42N10O6/c1-55-26-14-24(15-27(18-26)56-2)51-23-50(20-34(53)35(38(51)43)40-46-30-8-4-5-9-31(30)47-40)12-13-58-29-17-25(16-28(19-29)57-3)52-39(44)36(37(54)42(52)21-45-22-42)41-48-32-10-6-7-11-33(32)49-41/h4-11,14-19,35-36,43-45H,12-13,20-23H2,1-3H3,(H,46,47)(H,48,49). The first-order valence-corrected chi connectivity index (χ1v) is 18.9. The van der Waals surface area contributed by atoms with E-state index in [9.17, 15) is 20.4 Å². The SMILES string of the molecule is COc1cc(OC)cc(N2CN(CCOc3cc(OC)cc(N4C(=N)C(c5nc6ccccc6[nH]5)C(=O)C45CNC5)c3)CC(=O)C(c3nc4ccccc4[nH]3)C2=N)c1. The van der Waals surface area contributed by atoms with Gasteiger partial charge in [-0.3, -0.25) is 25.3 Å². The lowest BCUT2D eigenvalue weighted by Gasteiger charge is -2.45. The highest BCUT2D eigenvalue weighted by molar-refractivity contribution is 6.27. The van der Waals surface area contributed by atoms with Crippen LogP contribution in [0, 0.1) is 10.8 Å². The zero-order chi connectivity index (χ0) is 40.1. The van der Waals surface area contributed by atoms with Gasteiger partial charge >= 0.3 is 0 Å². The van der Waals surface area contributed by atoms with Crippen LogP contribution in [0.5, 0.6) is 23.0 Å². The average Bonchev–Trinajstić information content (AvgIpc) is 3.88. The molecule has 58 heavy (non-hydrogen) atoms. The Morgan fingerprint density at radius 1 is 0.724 bits per heavy atom. The number of benzene rings is 4. The van der Waals surface area contributed by atoms with E-state index in [4.69, 9.17) is 28.9 Å². The normalized spacial score (nSPS) is 19.6. The number of methoxy groups -OCH3 is 3. The first kappa shape index (κ1) is 36.8. The maximum Gasteiger partial charge on any atom is 0.179 e. The van der Waals surface area contributed by atoms with Crippen LogP contribution in [0.25, 0.3) is 22.1 Å². The zero-order valence-electron chi connectivity index (χ0n) is 32.2. The number of fused-ring (bicyclic) bond motifs is 2. The van der Waals surface area contributed by atoms with Crippen LogP contribution in [0.1, 0.15) is 23.5 Å². The predicted molar refractivity (Wildman–Crippen MR) is 218 cm³/mol. The summed E-state index contributed by atoms with van der Waals surface area (Å²) in [6.45, 7) is 1.46. The summed E-state index contributed by atoms with van der Waals surface area (Å²) in [5, 5.41) is 22.1. The highest BCUT2D eigenvalue weighted by Gasteiger charge is 2.61. The lowest BCUT2D eigenvalue weighted by atomic mass is 9.84. The third-order valence-electron chi connectivity index (χ3n) is 11.2. The van der Waals surface area contributed by atoms with E-state index in [0.717, 1.165) is 16.6 Å². The van der Waals surface area contributed by atoms with Crippen molar-refractivity contribution in [3.8, 4) is 23.0 Å². The minimum Gasteiger partial charge on any atom is -0.497 e. The summed E-state index contributed by atoms with van der Waals surface area (Å²) in [5.74, 6) is 0.908. The van der Waals surface area contributed by atoms with E-state index < -0.39 is 17.4 Å². The second kappa shape index (κ2) is 14.6. The number of carbonyl (C=O) groups excluding carboxylic acids is 2. The third kappa shape index (κ3) is 6.26. The highest BCUT2D eigenvalue weighted by atomic mass is 16.5. The average molecular weight is 783 g/mol. The molecular formula is C42H42N10O6. The molecule has 1 spiro atoms. The largest absolute Gasteiger partial charge is 0.497 e. The van der Waals surface area contributed by atoms with Crippen molar-refractivity contribution in [1.82, 2.24) is 30.2 Å². The molecule has 5 heterocycles. The Labute approximate surface area is 333 Å². The van der Waals surface area contributed by atoms with Crippen molar-refractivity contribution in [3.05, 3.63) is 96.6 Å². The first-order valence-electron chi connectivity index (χ1n) is 18.9. The number of hydrogen-bond donors (Lipinski definition) is 5. The molecule has 0 bridgehead atoms. The number of ketones is 2. The van der Waals surface area contributed by atoms with Gasteiger partial charge in [-0.1, -0.05) is 24.3 Å². The van der Waals surface area contributed by atoms with Crippen molar-refractivity contribution in [2.45, 2.75) is 17.4 Å². The number of para-hydroxylation sites is 4. The van der Waals surface area contributed by atoms with Gasteiger partial charge in [0.1, 0.15) is 70.3 Å². The lowest BCUT2D eigenvalue weighted by molar-refractivity contribution is -0.124. The van der Waals surface area contributed by atoms with E-state index in [0.29, 0.717) is 71.2 Å². The number of H-pyrrole nitrogens is 2. The number of nitrogens with one attached hydrogen (secondary N) is 5. The number of aromatic amines is 2. The van der Waals surface area contributed by atoms with Crippen molar-refractivity contribution >= 4 is 56.7 Å². The van der Waals surface area contributed by atoms with Crippen molar-refractivity contribution < 1.29 is 28.5 Å². The van der Waals surface area contributed by atoms with Gasteiger partial charge in [0.15, 0.2) is 11.6 Å². The molecule has 0 radical (unpaired) electrons. The molecule has 9 rings (SSSR count). The molecule has 5 N–H and O–H groups in total. The number of amidine groups is 2. The maximum absolute atomic E-state index is 14.2. The van der Waals surface area contributed by atoms with Crippen molar-refractivity contribution in [2.75, 3.05) is 70.6 Å². The Balaban J connectivity index is 0.985. The maximum atomic E-state index is 14.2. The summed E-state index contributed by atoms with van der Waals surface area (Å²) in [7, 11) is 4.68. The molecule has 3 aliphatic rings. The fraction of sp³-hybridized carbons (Fsp3) is 0.286. The highest BCUT2D eigenvalue weighted by Crippen LogP contribution is 2.44. The number of carbonyl (C=O) groups is 2. The van der Waals surface area contributed by atoms with E-state index >= 15 is 0 Å². The van der Waals surface area contributed by atoms with Gasteiger partial charge in [-0.2, -0.15) is 0 Å². The summed E-state index contributed by atoms with van der Waals surface area (Å²) < 4.78 is 23.2. The van der Waals surface area contributed by atoms with Gasteiger partial charge < -0.3 is 44.0 Å². The molecule has 3 saturated heterocycles. The Morgan fingerprint density at radius 3 is 1.84 bits per heavy atom. The summed E-state index contributed by atoms with van der Waals surface area (Å²) in [6.07, 6.45) is 0. The molecule has 6 aromatic rings. The van der Waals surface area contributed by atoms with Gasteiger partial charge in [-0.05, 0) is 24.3 Å². The number of hydrogen-bond acceptors (Lipinski definition) is 12. The van der Waals surface area contributed by atoms with E-state index in [1.807, 2.05) is 53.4 Å². The molecule has 16 nitrogen and oxygen atoms in total. The zero-order valence-corrected chi connectivity index (χ0v) is 32.2. The number of Topliss-reactive ketones (excluding diaryl/α,β-unsaturated/α-hetero) is 2. The van der Waals surface area contributed by atoms with Gasteiger partial charge in [-0.15, -0.1) is 0 Å². The minimum atomic E-state index is -0.968. The Morgan fingerprint density at radius 2 is 1.28 bits per heavy atom. The number of anilines is 2. The van der Waals surface area contributed by atoms with Gasteiger partial charge in [0, 0.05) is 56.0 Å². The minimum absolute atomic E-state index is 0.0279. The Bertz CT molecular complexity index is 2510. The van der Waals surface area contributed by atoms with Crippen LogP contribution in [0.3, 0.4) is 0 Å². The smallest absolute Gasteiger partial charge is 0.179 e. The van der Waals surface area contributed by atoms with E-state index in [2.05, 4.69) is 15.3 Å². The van der Waals surface area contributed by atoms with Gasteiger partial charge in [0.25, 0.3) is 0 Å². The molecule has 2 atom stereocenters. The molecule has 0 saturated carbocycles. The molecule has 3 aliphatic heterocycles. The summed E-state index contributed by atoms with van der Waals surface area (Å²) in [6, 6.07) is 25.8. The van der Waals surface area contributed by atoms with Crippen LogP contribution in [0.4, 0.5) is 11.4 Å². The topological polar surface area (TPSA) is 198 Å². The molecule has 3 fully saturated rings. The number of nitrogens with zero attached hydrogens (tertiary/aromatic N) is 5. The van der Waals surface area contributed by atoms with E-state index in [-0.39, 0.29) is 43.1 Å². The van der Waals surface area contributed by atoms with E-state index in [1.165, 1.54) is 0 Å². The molecule has 2 unspecified atom stereocenters. The predicted octanol–water partition coefficient (Wildman–Crippen LogP) is 4.45. The van der Waals surface area contributed by atoms with Crippen LogP contribution in [0.15, 0.2) is 84.9 Å². The Hall–Kier alpha value is -6.78. The molecule has 0 aliphatic carbocycles. The Kier molecular flexibility index (Phi) is 9.29. The molecular weight excluding hydrogens is 741 g/mol. The summed E-state index contributed by atoms with van der Waals surface area (Å²) in [5.41, 5.74) is 3.24. The van der Waals surface area contributed by atoms with Crippen LogP contribution >= 0.6 is 0 Å².